The lowest BCUT2D eigenvalue weighted by atomic mass is 10.2. The number of hydrogen-bond donors (Lipinski definition) is 0. The number of nitrogens with zero attached hydrogens (tertiary/aromatic N) is 5. The number of benzene rings is 2. The van der Waals surface area contributed by atoms with E-state index >= 15 is 0 Å². The lowest BCUT2D eigenvalue weighted by Gasteiger charge is -2.28. The Labute approximate surface area is 209 Å². The molecule has 3 heterocycles. The van der Waals surface area contributed by atoms with Crippen LogP contribution in [0.4, 0.5) is 5.95 Å². The van der Waals surface area contributed by atoms with E-state index in [1.165, 1.54) is 17.3 Å². The van der Waals surface area contributed by atoms with E-state index in [-0.39, 0.29) is 18.5 Å². The Balaban J connectivity index is 1.32. The maximum Gasteiger partial charge on any atom is 0.233 e. The third-order valence-electron chi connectivity index (χ3n) is 6.07. The van der Waals surface area contributed by atoms with E-state index < -0.39 is 0 Å². The van der Waals surface area contributed by atoms with Gasteiger partial charge < -0.3 is 24.0 Å². The van der Waals surface area contributed by atoms with Crippen LogP contribution in [-0.2, 0) is 16.1 Å². The van der Waals surface area contributed by atoms with Crippen LogP contribution in [-0.4, -0.2) is 71.0 Å². The Hall–Kier alpha value is -3.24. The normalized spacial score (nSPS) is 14.9. The van der Waals surface area contributed by atoms with E-state index in [4.69, 9.17) is 14.2 Å². The maximum absolute atomic E-state index is 13.2. The molecule has 0 atom stereocenters. The number of aryl methyl sites for hydroxylation is 1. The zero-order valence-electron chi connectivity index (χ0n) is 20.0. The summed E-state index contributed by atoms with van der Waals surface area (Å²) in [6, 6.07) is 14.1. The summed E-state index contributed by atoms with van der Waals surface area (Å²) in [5.41, 5.74) is 3.16. The third kappa shape index (κ3) is 5.23. The van der Waals surface area contributed by atoms with E-state index in [2.05, 4.69) is 46.3 Å². The Morgan fingerprint density at radius 1 is 1.06 bits per heavy atom. The van der Waals surface area contributed by atoms with Crippen molar-refractivity contribution in [2.75, 3.05) is 50.3 Å². The van der Waals surface area contributed by atoms with Crippen molar-refractivity contribution in [2.24, 2.45) is 0 Å². The van der Waals surface area contributed by atoms with Crippen LogP contribution < -0.4 is 14.4 Å². The number of amides is 1. The first-order valence-corrected chi connectivity index (χ1v) is 12.7. The van der Waals surface area contributed by atoms with Crippen molar-refractivity contribution in [1.82, 2.24) is 19.7 Å². The molecule has 2 aromatic carbocycles. The Bertz CT molecular complexity index is 1180. The average molecular weight is 496 g/mol. The number of morpholine rings is 1. The van der Waals surface area contributed by atoms with Crippen LogP contribution >= 0.6 is 11.8 Å². The van der Waals surface area contributed by atoms with E-state index in [1.54, 1.807) is 0 Å². The van der Waals surface area contributed by atoms with Crippen LogP contribution in [0.15, 0.2) is 47.6 Å². The molecule has 2 aliphatic rings. The highest BCUT2D eigenvalue weighted by atomic mass is 32.2. The topological polar surface area (TPSA) is 82.0 Å². The molecule has 0 spiro atoms. The van der Waals surface area contributed by atoms with Crippen molar-refractivity contribution < 1.29 is 19.0 Å². The summed E-state index contributed by atoms with van der Waals surface area (Å²) in [4.78, 5) is 17.2. The van der Waals surface area contributed by atoms with Crippen LogP contribution in [0.25, 0.3) is 5.69 Å². The van der Waals surface area contributed by atoms with Gasteiger partial charge in [-0.25, -0.2) is 0 Å². The van der Waals surface area contributed by atoms with Gasteiger partial charge in [0.25, 0.3) is 0 Å². The lowest BCUT2D eigenvalue weighted by molar-refractivity contribution is -0.128. The van der Waals surface area contributed by atoms with Crippen molar-refractivity contribution in [2.45, 2.75) is 25.5 Å². The lowest BCUT2D eigenvalue weighted by Crippen LogP contribution is -2.37. The van der Waals surface area contributed by atoms with Crippen LogP contribution in [0.2, 0.25) is 0 Å². The van der Waals surface area contributed by atoms with Gasteiger partial charge in [0, 0.05) is 26.2 Å². The van der Waals surface area contributed by atoms with Gasteiger partial charge in [0.05, 0.1) is 24.7 Å². The predicted molar refractivity (Wildman–Crippen MR) is 134 cm³/mol. The summed E-state index contributed by atoms with van der Waals surface area (Å²) < 4.78 is 18.4. The minimum atomic E-state index is 0.0431. The molecule has 0 saturated carbocycles. The highest BCUT2D eigenvalue weighted by molar-refractivity contribution is 7.99. The number of anilines is 1. The van der Waals surface area contributed by atoms with E-state index in [1.807, 2.05) is 34.6 Å². The second-order valence-electron chi connectivity index (χ2n) is 8.44. The Morgan fingerprint density at radius 3 is 2.60 bits per heavy atom. The molecule has 2 aliphatic heterocycles. The molecule has 1 saturated heterocycles. The van der Waals surface area contributed by atoms with Crippen molar-refractivity contribution in [1.29, 1.82) is 0 Å². The molecule has 1 amide bonds. The van der Waals surface area contributed by atoms with Gasteiger partial charge in [0.2, 0.25) is 18.6 Å². The third-order valence-corrected chi connectivity index (χ3v) is 6.99. The SMILES string of the molecule is CCN(Cc1ccc2c(c1)OCO2)C(=O)CSc1nnc(N2CCOCC2)n1-c1ccc(C)cc1. The summed E-state index contributed by atoms with van der Waals surface area (Å²) in [5, 5.41) is 9.65. The average Bonchev–Trinajstić information content (AvgIpc) is 3.53. The maximum atomic E-state index is 13.2. The zero-order chi connectivity index (χ0) is 24.2. The van der Waals surface area contributed by atoms with Gasteiger partial charge in [-0.2, -0.15) is 0 Å². The van der Waals surface area contributed by atoms with Crippen molar-refractivity contribution in [3.8, 4) is 17.2 Å². The molecule has 184 valence electrons. The smallest absolute Gasteiger partial charge is 0.233 e. The molecule has 1 fully saturated rings. The van der Waals surface area contributed by atoms with Crippen molar-refractivity contribution in [3.63, 3.8) is 0 Å². The van der Waals surface area contributed by atoms with Gasteiger partial charge in [-0.3, -0.25) is 9.36 Å². The monoisotopic (exact) mass is 495 g/mol. The molecule has 10 heteroatoms. The van der Waals surface area contributed by atoms with Gasteiger partial charge in [0.15, 0.2) is 16.7 Å². The van der Waals surface area contributed by atoms with Gasteiger partial charge in [-0.15, -0.1) is 10.2 Å². The summed E-state index contributed by atoms with van der Waals surface area (Å²) in [5.74, 6) is 2.56. The number of carbonyl (C=O) groups is 1. The highest BCUT2D eigenvalue weighted by Gasteiger charge is 2.23. The van der Waals surface area contributed by atoms with E-state index in [9.17, 15) is 4.79 Å². The molecular formula is C25H29N5O4S. The Morgan fingerprint density at radius 2 is 1.83 bits per heavy atom. The molecule has 3 aromatic rings. The van der Waals surface area contributed by atoms with Crippen LogP contribution in [0.3, 0.4) is 0 Å². The quantitative estimate of drug-likeness (QED) is 0.441. The fourth-order valence-electron chi connectivity index (χ4n) is 4.10. The molecule has 9 nitrogen and oxygen atoms in total. The zero-order valence-corrected chi connectivity index (χ0v) is 20.8. The number of hydrogen-bond acceptors (Lipinski definition) is 8. The first kappa shape index (κ1) is 23.5. The molecule has 35 heavy (non-hydrogen) atoms. The van der Waals surface area contributed by atoms with Crippen LogP contribution in [0.1, 0.15) is 18.1 Å². The van der Waals surface area contributed by atoms with Gasteiger partial charge in [0.1, 0.15) is 0 Å². The summed E-state index contributed by atoms with van der Waals surface area (Å²) >= 11 is 1.41. The number of rotatable bonds is 8. The largest absolute Gasteiger partial charge is 0.454 e. The van der Waals surface area contributed by atoms with Gasteiger partial charge in [-0.1, -0.05) is 35.5 Å². The van der Waals surface area contributed by atoms with Crippen LogP contribution in [0, 0.1) is 6.92 Å². The Kier molecular flexibility index (Phi) is 7.10. The predicted octanol–water partition coefficient (Wildman–Crippen LogP) is 3.28. The molecule has 0 bridgehead atoms. The van der Waals surface area contributed by atoms with E-state index in [0.29, 0.717) is 31.5 Å². The molecule has 0 aliphatic carbocycles. The number of aromatic nitrogens is 3. The summed E-state index contributed by atoms with van der Waals surface area (Å²) in [7, 11) is 0. The first-order valence-electron chi connectivity index (χ1n) is 11.8. The molecule has 0 N–H and O–H groups in total. The fourth-order valence-corrected chi connectivity index (χ4v) is 4.95. The second-order valence-corrected chi connectivity index (χ2v) is 9.38. The molecule has 5 rings (SSSR count). The minimum Gasteiger partial charge on any atom is -0.454 e. The fraction of sp³-hybridized carbons (Fsp3) is 0.400. The highest BCUT2D eigenvalue weighted by Crippen LogP contribution is 2.33. The van der Waals surface area contributed by atoms with Gasteiger partial charge >= 0.3 is 0 Å². The number of thioether (sulfide) groups is 1. The minimum absolute atomic E-state index is 0.0431. The summed E-state index contributed by atoms with van der Waals surface area (Å²) in [6.45, 7) is 8.24. The number of carbonyl (C=O) groups excluding carboxylic acids is 1. The molecule has 0 radical (unpaired) electrons. The standard InChI is InChI=1S/C25H29N5O4S/c1-3-28(15-19-6-9-21-22(14-19)34-17-33-21)23(31)16-35-25-27-26-24(29-10-12-32-13-11-29)30(25)20-7-4-18(2)5-8-20/h4-9,14H,3,10-13,15-17H2,1-2H3. The number of fused-ring (bicyclic) bond motifs is 1. The molecule has 0 unspecified atom stereocenters. The molecule has 1 aromatic heterocycles. The van der Waals surface area contributed by atoms with Crippen molar-refractivity contribution >= 4 is 23.6 Å². The molecular weight excluding hydrogens is 466 g/mol. The summed E-state index contributed by atoms with van der Waals surface area (Å²) in [6.07, 6.45) is 0. The van der Waals surface area contributed by atoms with Gasteiger partial charge in [-0.05, 0) is 43.7 Å². The first-order chi connectivity index (χ1) is 17.1. The number of ether oxygens (including phenoxy) is 3. The van der Waals surface area contributed by atoms with Crippen LogP contribution in [0.5, 0.6) is 11.5 Å². The van der Waals surface area contributed by atoms with Crippen molar-refractivity contribution in [3.05, 3.63) is 53.6 Å². The second kappa shape index (κ2) is 10.6. The van der Waals surface area contributed by atoms with E-state index in [0.717, 1.165) is 41.8 Å².